The van der Waals surface area contributed by atoms with Gasteiger partial charge in [0.05, 0.1) is 6.04 Å². The van der Waals surface area contributed by atoms with Gasteiger partial charge in [-0.1, -0.05) is 42.0 Å². The zero-order valence-corrected chi connectivity index (χ0v) is 14.6. The Labute approximate surface area is 158 Å². The van der Waals surface area contributed by atoms with Crippen LogP contribution in [0.25, 0.3) is 0 Å². The van der Waals surface area contributed by atoms with Gasteiger partial charge in [-0.2, -0.15) is 13.2 Å². The highest BCUT2D eigenvalue weighted by Crippen LogP contribution is 2.43. The highest BCUT2D eigenvalue weighted by atomic mass is 19.4. The van der Waals surface area contributed by atoms with Crippen LogP contribution in [-0.2, 0) is 10.5 Å². The lowest BCUT2D eigenvalue weighted by Crippen LogP contribution is -2.66. The summed E-state index contributed by atoms with van der Waals surface area (Å²) < 4.78 is 40.1. The number of nitrogens with one attached hydrogen (secondary N) is 2. The molecule has 0 unspecified atom stereocenters. The van der Waals surface area contributed by atoms with Crippen LogP contribution in [0.3, 0.4) is 0 Å². The number of carbonyl (C=O) groups excluding carboxylic acids is 2. The molecule has 2 aromatic rings. The van der Waals surface area contributed by atoms with Crippen LogP contribution in [0.1, 0.15) is 22.7 Å². The minimum absolute atomic E-state index is 0.0562. The van der Waals surface area contributed by atoms with Crippen LogP contribution in [0.15, 0.2) is 48.5 Å². The number of aromatic hydroxyl groups is 1. The average molecular weight is 394 g/mol. The number of phenolic OH excluding ortho intramolecular Hbond substituents is 1. The molecule has 3 rings (SSSR count). The third-order valence-electron chi connectivity index (χ3n) is 4.68. The van der Waals surface area contributed by atoms with Gasteiger partial charge in [0.2, 0.25) is 5.78 Å². The standard InChI is InChI=1S/C19H17F3N2O4/c1-10-2-6-12(7-3-10)18(28)14(16(26)19(20,21)22)15(23-17(27)24-18)11-4-8-13(25)9-5-11/h2-9,14-15,25,28H,1H3,(H2,23,24,27)/t14-,15-,18+/m0/s1. The van der Waals surface area contributed by atoms with Crippen molar-refractivity contribution in [2.75, 3.05) is 0 Å². The van der Waals surface area contributed by atoms with Gasteiger partial charge in [0, 0.05) is 5.56 Å². The number of urea groups is 1. The second-order valence-electron chi connectivity index (χ2n) is 6.64. The van der Waals surface area contributed by atoms with Crippen molar-refractivity contribution in [2.24, 2.45) is 5.92 Å². The van der Waals surface area contributed by atoms with Gasteiger partial charge >= 0.3 is 12.2 Å². The third-order valence-corrected chi connectivity index (χ3v) is 4.68. The first kappa shape index (κ1) is 19.7. The Balaban J connectivity index is 2.18. The molecule has 4 N–H and O–H groups in total. The highest BCUT2D eigenvalue weighted by molar-refractivity contribution is 5.91. The molecule has 3 atom stereocenters. The molecule has 6 nitrogen and oxygen atoms in total. The number of hydrogen-bond acceptors (Lipinski definition) is 4. The predicted molar refractivity (Wildman–Crippen MR) is 92.1 cm³/mol. The second kappa shape index (κ2) is 6.83. The molecule has 148 valence electrons. The number of amides is 2. The normalized spacial score (nSPS) is 25.0. The van der Waals surface area contributed by atoms with E-state index < -0.39 is 35.7 Å². The van der Waals surface area contributed by atoms with Crippen molar-refractivity contribution in [1.29, 1.82) is 0 Å². The first-order chi connectivity index (χ1) is 13.0. The first-order valence-electron chi connectivity index (χ1n) is 8.30. The van der Waals surface area contributed by atoms with E-state index in [1.807, 2.05) is 0 Å². The minimum atomic E-state index is -5.25. The number of ketones is 1. The maximum atomic E-state index is 13.4. The van der Waals surface area contributed by atoms with Crippen LogP contribution in [0.2, 0.25) is 0 Å². The number of halogens is 3. The van der Waals surface area contributed by atoms with Crippen molar-refractivity contribution >= 4 is 11.8 Å². The number of benzene rings is 2. The first-order valence-corrected chi connectivity index (χ1v) is 8.30. The van der Waals surface area contributed by atoms with E-state index in [-0.39, 0.29) is 16.9 Å². The average Bonchev–Trinajstić information content (AvgIpc) is 2.61. The largest absolute Gasteiger partial charge is 0.508 e. The van der Waals surface area contributed by atoms with E-state index >= 15 is 0 Å². The highest BCUT2D eigenvalue weighted by Gasteiger charge is 2.59. The smallest absolute Gasteiger partial charge is 0.450 e. The van der Waals surface area contributed by atoms with Gasteiger partial charge in [0.25, 0.3) is 0 Å². The number of phenols is 1. The Morgan fingerprint density at radius 3 is 2.18 bits per heavy atom. The van der Waals surface area contributed by atoms with Gasteiger partial charge in [0.1, 0.15) is 11.7 Å². The fourth-order valence-electron chi connectivity index (χ4n) is 3.29. The SMILES string of the molecule is Cc1ccc([C@]2(O)NC(=O)N[C@@H](c3ccc(O)cc3)[C@H]2C(=O)C(F)(F)F)cc1. The molecule has 0 spiro atoms. The summed E-state index contributed by atoms with van der Waals surface area (Å²) in [6, 6.07) is 8.36. The molecular formula is C19H17F3N2O4. The maximum Gasteiger partial charge on any atom is 0.450 e. The molecule has 1 heterocycles. The van der Waals surface area contributed by atoms with Crippen LogP contribution in [0, 0.1) is 12.8 Å². The predicted octanol–water partition coefficient (Wildman–Crippen LogP) is 2.65. The summed E-state index contributed by atoms with van der Waals surface area (Å²) in [5, 5.41) is 24.9. The van der Waals surface area contributed by atoms with E-state index in [1.54, 1.807) is 19.1 Å². The molecule has 28 heavy (non-hydrogen) atoms. The van der Waals surface area contributed by atoms with Gasteiger partial charge in [-0.15, -0.1) is 0 Å². The number of Topliss-reactive ketones (excluding diaryl/α,β-unsaturated/α-hetero) is 1. The van der Waals surface area contributed by atoms with Crippen LogP contribution in [0.5, 0.6) is 5.75 Å². The molecule has 0 bridgehead atoms. The van der Waals surface area contributed by atoms with E-state index in [2.05, 4.69) is 10.6 Å². The Morgan fingerprint density at radius 2 is 1.64 bits per heavy atom. The summed E-state index contributed by atoms with van der Waals surface area (Å²) in [5.41, 5.74) is -1.74. The zero-order valence-electron chi connectivity index (χ0n) is 14.6. The lowest BCUT2D eigenvalue weighted by molar-refractivity contribution is -0.190. The van der Waals surface area contributed by atoms with Gasteiger partial charge in [0.15, 0.2) is 5.72 Å². The van der Waals surface area contributed by atoms with Gasteiger partial charge in [-0.05, 0) is 24.6 Å². The van der Waals surface area contributed by atoms with Crippen LogP contribution in [0.4, 0.5) is 18.0 Å². The van der Waals surface area contributed by atoms with Crippen molar-refractivity contribution in [2.45, 2.75) is 24.9 Å². The Kier molecular flexibility index (Phi) is 4.80. The molecule has 1 fully saturated rings. The summed E-state index contributed by atoms with van der Waals surface area (Å²) in [4.78, 5) is 24.5. The summed E-state index contributed by atoms with van der Waals surface area (Å²) in [6.07, 6.45) is -5.25. The van der Waals surface area contributed by atoms with E-state index in [0.717, 1.165) is 5.56 Å². The quantitative estimate of drug-likeness (QED) is 0.643. The van der Waals surface area contributed by atoms with Crippen LogP contribution < -0.4 is 10.6 Å². The molecule has 0 aromatic heterocycles. The van der Waals surface area contributed by atoms with E-state index in [1.165, 1.54) is 36.4 Å². The van der Waals surface area contributed by atoms with E-state index in [0.29, 0.717) is 0 Å². The topological polar surface area (TPSA) is 98.7 Å². The number of carbonyl (C=O) groups is 2. The minimum Gasteiger partial charge on any atom is -0.508 e. The second-order valence-corrected chi connectivity index (χ2v) is 6.64. The van der Waals surface area contributed by atoms with E-state index in [9.17, 15) is 33.0 Å². The maximum absolute atomic E-state index is 13.4. The molecule has 1 saturated heterocycles. The number of hydrogen-bond donors (Lipinski definition) is 4. The molecule has 2 aromatic carbocycles. The molecule has 0 radical (unpaired) electrons. The van der Waals surface area contributed by atoms with Gasteiger partial charge in [-0.25, -0.2) is 4.79 Å². The Bertz CT molecular complexity index is 897. The molecule has 9 heteroatoms. The van der Waals surface area contributed by atoms with Crippen LogP contribution in [-0.4, -0.2) is 28.2 Å². The molecule has 0 saturated carbocycles. The monoisotopic (exact) mass is 394 g/mol. The lowest BCUT2D eigenvalue weighted by atomic mass is 9.76. The molecule has 0 aliphatic carbocycles. The molecule has 1 aliphatic rings. The number of alkyl halides is 3. The third kappa shape index (κ3) is 3.53. The van der Waals surface area contributed by atoms with Crippen molar-refractivity contribution in [3.05, 3.63) is 65.2 Å². The van der Waals surface area contributed by atoms with Crippen molar-refractivity contribution in [3.63, 3.8) is 0 Å². The Hall–Kier alpha value is -3.07. The summed E-state index contributed by atoms with van der Waals surface area (Å²) in [6.45, 7) is 1.74. The zero-order chi connectivity index (χ0) is 20.7. The van der Waals surface area contributed by atoms with Crippen molar-refractivity contribution < 1.29 is 33.0 Å². The molecule has 1 aliphatic heterocycles. The lowest BCUT2D eigenvalue weighted by Gasteiger charge is -2.45. The van der Waals surface area contributed by atoms with Gasteiger partial charge < -0.3 is 20.8 Å². The van der Waals surface area contributed by atoms with Crippen molar-refractivity contribution in [1.82, 2.24) is 10.6 Å². The van der Waals surface area contributed by atoms with E-state index in [4.69, 9.17) is 0 Å². The van der Waals surface area contributed by atoms with Gasteiger partial charge in [-0.3, -0.25) is 4.79 Å². The fraction of sp³-hybridized carbons (Fsp3) is 0.263. The molecular weight excluding hydrogens is 377 g/mol. The summed E-state index contributed by atoms with van der Waals surface area (Å²) >= 11 is 0. The fourth-order valence-corrected chi connectivity index (χ4v) is 3.29. The number of aliphatic hydroxyl groups is 1. The summed E-state index contributed by atoms with van der Waals surface area (Å²) in [7, 11) is 0. The van der Waals surface area contributed by atoms with Crippen LogP contribution >= 0.6 is 0 Å². The molecule has 2 amide bonds. The number of rotatable bonds is 3. The van der Waals surface area contributed by atoms with Crippen molar-refractivity contribution in [3.8, 4) is 5.75 Å². The Morgan fingerprint density at radius 1 is 1.07 bits per heavy atom. The summed E-state index contributed by atoms with van der Waals surface area (Å²) in [5.74, 6) is -4.44. The number of aryl methyl sites for hydroxylation is 1.